The molecule has 2 atom stereocenters. The summed E-state index contributed by atoms with van der Waals surface area (Å²) in [6.45, 7) is 3.01. The summed E-state index contributed by atoms with van der Waals surface area (Å²) in [6.07, 6.45) is 5.59. The Balaban J connectivity index is 2.30. The van der Waals surface area contributed by atoms with Crippen molar-refractivity contribution in [2.45, 2.75) is 56.9 Å². The van der Waals surface area contributed by atoms with Crippen molar-refractivity contribution in [1.82, 2.24) is 5.32 Å². The second kappa shape index (κ2) is 6.89. The second-order valence-corrected chi connectivity index (χ2v) is 5.86. The normalized spacial score (nSPS) is 26.4. The zero-order valence-electron chi connectivity index (χ0n) is 12.3. The van der Waals surface area contributed by atoms with Crippen LogP contribution in [0.1, 0.15) is 56.9 Å². The van der Waals surface area contributed by atoms with Crippen LogP contribution in [0.2, 0.25) is 0 Å². The van der Waals surface area contributed by atoms with E-state index in [9.17, 15) is 9.90 Å². The van der Waals surface area contributed by atoms with Crippen LogP contribution in [0.15, 0.2) is 30.3 Å². The molecule has 0 aromatic heterocycles. The summed E-state index contributed by atoms with van der Waals surface area (Å²) < 4.78 is 0. The molecule has 20 heavy (non-hydrogen) atoms. The van der Waals surface area contributed by atoms with Crippen LogP contribution >= 0.6 is 0 Å². The maximum absolute atomic E-state index is 11.4. The SMILES string of the molecule is CCCNC1(CC(=O)O)CCCCC1c1ccccc1. The number of aliphatic carboxylic acids is 1. The van der Waals surface area contributed by atoms with Crippen LogP contribution in [0.4, 0.5) is 0 Å². The zero-order chi connectivity index (χ0) is 14.4. The fourth-order valence-corrected chi connectivity index (χ4v) is 3.54. The Morgan fingerprint density at radius 3 is 2.75 bits per heavy atom. The lowest BCUT2D eigenvalue weighted by Crippen LogP contribution is -2.53. The lowest BCUT2D eigenvalue weighted by atomic mass is 9.68. The largest absolute Gasteiger partial charge is 0.481 e. The molecule has 1 aliphatic rings. The number of carbonyl (C=O) groups is 1. The van der Waals surface area contributed by atoms with Gasteiger partial charge >= 0.3 is 5.97 Å². The van der Waals surface area contributed by atoms with E-state index in [0.29, 0.717) is 5.92 Å². The van der Waals surface area contributed by atoms with Gasteiger partial charge in [-0.05, 0) is 31.4 Å². The average Bonchev–Trinajstić information content (AvgIpc) is 2.46. The van der Waals surface area contributed by atoms with E-state index in [1.807, 2.05) is 6.07 Å². The molecule has 0 radical (unpaired) electrons. The molecule has 0 spiro atoms. The van der Waals surface area contributed by atoms with E-state index in [1.165, 1.54) is 12.0 Å². The van der Waals surface area contributed by atoms with E-state index in [2.05, 4.69) is 36.5 Å². The minimum Gasteiger partial charge on any atom is -0.481 e. The number of hydrogen-bond donors (Lipinski definition) is 2. The Hall–Kier alpha value is -1.35. The van der Waals surface area contributed by atoms with Gasteiger partial charge in [0, 0.05) is 11.5 Å². The van der Waals surface area contributed by atoms with Crippen LogP contribution in [0.3, 0.4) is 0 Å². The summed E-state index contributed by atoms with van der Waals surface area (Å²) in [6, 6.07) is 10.4. The molecule has 0 amide bonds. The van der Waals surface area contributed by atoms with Gasteiger partial charge < -0.3 is 10.4 Å². The van der Waals surface area contributed by atoms with Crippen LogP contribution in [0.5, 0.6) is 0 Å². The molecule has 2 rings (SSSR count). The molecule has 1 aromatic carbocycles. The molecule has 1 fully saturated rings. The molecule has 1 saturated carbocycles. The minimum absolute atomic E-state index is 0.215. The summed E-state index contributed by atoms with van der Waals surface area (Å²) in [5.41, 5.74) is 0.999. The van der Waals surface area contributed by atoms with Crippen molar-refractivity contribution in [2.24, 2.45) is 0 Å². The molecule has 1 aliphatic carbocycles. The van der Waals surface area contributed by atoms with Crippen molar-refractivity contribution in [1.29, 1.82) is 0 Å². The average molecular weight is 275 g/mol. The van der Waals surface area contributed by atoms with Gasteiger partial charge in [-0.1, -0.05) is 50.1 Å². The molecule has 3 heteroatoms. The van der Waals surface area contributed by atoms with E-state index in [4.69, 9.17) is 0 Å². The monoisotopic (exact) mass is 275 g/mol. The highest BCUT2D eigenvalue weighted by Gasteiger charge is 2.42. The molecule has 1 aromatic rings. The number of carboxylic acid groups (broad SMARTS) is 1. The standard InChI is InChI=1S/C17H25NO2/c1-2-12-18-17(13-16(19)20)11-7-6-10-15(17)14-8-4-3-5-9-14/h3-5,8-9,15,18H,2,6-7,10-13H2,1H3,(H,19,20). The number of benzene rings is 1. The molecule has 110 valence electrons. The Morgan fingerprint density at radius 2 is 2.10 bits per heavy atom. The van der Waals surface area contributed by atoms with Gasteiger partial charge in [0.15, 0.2) is 0 Å². The lowest BCUT2D eigenvalue weighted by molar-refractivity contribution is -0.139. The fraction of sp³-hybridized carbons (Fsp3) is 0.588. The minimum atomic E-state index is -0.698. The number of rotatable bonds is 6. The Morgan fingerprint density at radius 1 is 1.35 bits per heavy atom. The summed E-state index contributed by atoms with van der Waals surface area (Å²) in [5.74, 6) is -0.392. The lowest BCUT2D eigenvalue weighted by Gasteiger charge is -2.44. The van der Waals surface area contributed by atoms with E-state index in [1.54, 1.807) is 0 Å². The van der Waals surface area contributed by atoms with Gasteiger partial charge in [0.1, 0.15) is 0 Å². The number of carboxylic acids is 1. The van der Waals surface area contributed by atoms with E-state index >= 15 is 0 Å². The fourth-order valence-electron chi connectivity index (χ4n) is 3.54. The molecule has 2 unspecified atom stereocenters. The third-order valence-corrected chi connectivity index (χ3v) is 4.43. The summed E-state index contributed by atoms with van der Waals surface area (Å²) in [4.78, 5) is 11.4. The highest BCUT2D eigenvalue weighted by Crippen LogP contribution is 2.43. The van der Waals surface area contributed by atoms with Crippen molar-refractivity contribution in [3.63, 3.8) is 0 Å². The van der Waals surface area contributed by atoms with Gasteiger partial charge in [-0.15, -0.1) is 0 Å². The quantitative estimate of drug-likeness (QED) is 0.834. The van der Waals surface area contributed by atoms with Gasteiger partial charge in [0.25, 0.3) is 0 Å². The first-order chi connectivity index (χ1) is 9.68. The van der Waals surface area contributed by atoms with Crippen molar-refractivity contribution in [3.8, 4) is 0 Å². The molecule has 0 saturated heterocycles. The van der Waals surface area contributed by atoms with E-state index in [0.717, 1.165) is 32.2 Å². The molecular weight excluding hydrogens is 250 g/mol. The van der Waals surface area contributed by atoms with Gasteiger partial charge in [0.05, 0.1) is 6.42 Å². The second-order valence-electron chi connectivity index (χ2n) is 5.86. The zero-order valence-corrected chi connectivity index (χ0v) is 12.3. The molecule has 3 nitrogen and oxygen atoms in total. The highest BCUT2D eigenvalue weighted by molar-refractivity contribution is 5.69. The highest BCUT2D eigenvalue weighted by atomic mass is 16.4. The maximum Gasteiger partial charge on any atom is 0.305 e. The van der Waals surface area contributed by atoms with Crippen molar-refractivity contribution in [3.05, 3.63) is 35.9 Å². The number of hydrogen-bond acceptors (Lipinski definition) is 2. The van der Waals surface area contributed by atoms with Crippen molar-refractivity contribution in [2.75, 3.05) is 6.54 Å². The molecule has 2 N–H and O–H groups in total. The third-order valence-electron chi connectivity index (χ3n) is 4.43. The van der Waals surface area contributed by atoms with Gasteiger partial charge in [0.2, 0.25) is 0 Å². The predicted molar refractivity (Wildman–Crippen MR) is 80.9 cm³/mol. The van der Waals surface area contributed by atoms with Gasteiger partial charge in [-0.2, -0.15) is 0 Å². The number of nitrogens with one attached hydrogen (secondary N) is 1. The first-order valence-electron chi connectivity index (χ1n) is 7.70. The van der Waals surface area contributed by atoms with Gasteiger partial charge in [-0.3, -0.25) is 4.79 Å². The van der Waals surface area contributed by atoms with Crippen LogP contribution in [-0.2, 0) is 4.79 Å². The summed E-state index contributed by atoms with van der Waals surface area (Å²) >= 11 is 0. The first kappa shape index (κ1) is 15.0. The Kier molecular flexibility index (Phi) is 5.18. The van der Waals surface area contributed by atoms with Crippen molar-refractivity contribution < 1.29 is 9.90 Å². The molecular formula is C17H25NO2. The third kappa shape index (κ3) is 3.40. The smallest absolute Gasteiger partial charge is 0.305 e. The van der Waals surface area contributed by atoms with E-state index < -0.39 is 5.97 Å². The van der Waals surface area contributed by atoms with Crippen LogP contribution in [0, 0.1) is 0 Å². The van der Waals surface area contributed by atoms with Crippen LogP contribution in [-0.4, -0.2) is 23.2 Å². The Labute approximate surface area is 121 Å². The van der Waals surface area contributed by atoms with E-state index in [-0.39, 0.29) is 12.0 Å². The van der Waals surface area contributed by atoms with Crippen LogP contribution < -0.4 is 5.32 Å². The van der Waals surface area contributed by atoms with Crippen LogP contribution in [0.25, 0.3) is 0 Å². The molecule has 0 bridgehead atoms. The van der Waals surface area contributed by atoms with Crippen molar-refractivity contribution >= 4 is 5.97 Å². The molecule has 0 aliphatic heterocycles. The predicted octanol–water partition coefficient (Wildman–Crippen LogP) is 3.56. The van der Waals surface area contributed by atoms with Gasteiger partial charge in [-0.25, -0.2) is 0 Å². The summed E-state index contributed by atoms with van der Waals surface area (Å²) in [7, 11) is 0. The Bertz CT molecular complexity index is 432. The topological polar surface area (TPSA) is 49.3 Å². The summed E-state index contributed by atoms with van der Waals surface area (Å²) in [5, 5.41) is 12.9. The maximum atomic E-state index is 11.4. The first-order valence-corrected chi connectivity index (χ1v) is 7.70. The molecule has 0 heterocycles.